The number of rotatable bonds is 18. The second kappa shape index (κ2) is 19.8. The van der Waals surface area contributed by atoms with Gasteiger partial charge in [0.15, 0.2) is 0 Å². The quantitative estimate of drug-likeness (QED) is 0.0663. The summed E-state index contributed by atoms with van der Waals surface area (Å²) >= 11 is 0. The highest BCUT2D eigenvalue weighted by Crippen LogP contribution is 2.20. The summed E-state index contributed by atoms with van der Waals surface area (Å²) in [6, 6.07) is 0. The maximum absolute atomic E-state index is 12.1. The van der Waals surface area contributed by atoms with Crippen molar-refractivity contribution in [2.45, 2.75) is 84.8 Å². The molecule has 0 amide bonds. The van der Waals surface area contributed by atoms with E-state index in [1.807, 2.05) is 19.1 Å². The highest BCUT2D eigenvalue weighted by atomic mass is 16.8. The first-order valence-electron chi connectivity index (χ1n) is 12.0. The van der Waals surface area contributed by atoms with Crippen LogP contribution in [-0.2, 0) is 38.1 Å². The Balaban J connectivity index is 4.77. The van der Waals surface area contributed by atoms with Crippen molar-refractivity contribution >= 4 is 24.1 Å². The van der Waals surface area contributed by atoms with Gasteiger partial charge in [0.2, 0.25) is 6.29 Å². The lowest BCUT2D eigenvalue weighted by atomic mass is 9.94. The van der Waals surface area contributed by atoms with Crippen LogP contribution in [0.4, 0.5) is 4.79 Å². The van der Waals surface area contributed by atoms with Gasteiger partial charge in [-0.2, -0.15) is 0 Å². The van der Waals surface area contributed by atoms with Crippen molar-refractivity contribution in [1.82, 2.24) is 0 Å². The number of allylic oxidation sites excluding steroid dienone is 2. The van der Waals surface area contributed by atoms with Gasteiger partial charge in [-0.3, -0.25) is 14.4 Å². The minimum Gasteiger partial charge on any atom is -0.465 e. The molecule has 0 saturated heterocycles. The number of hydrogen-bond acceptors (Lipinski definition) is 9. The molecule has 0 N–H and O–H groups in total. The molecule has 9 nitrogen and oxygen atoms in total. The normalized spacial score (nSPS) is 11.6. The Morgan fingerprint density at radius 1 is 0.806 bits per heavy atom. The zero-order chi connectivity index (χ0) is 27.2. The second-order valence-electron chi connectivity index (χ2n) is 8.42. The smallest absolute Gasteiger partial charge is 0.465 e. The van der Waals surface area contributed by atoms with Crippen molar-refractivity contribution in [3.05, 3.63) is 12.2 Å². The SMILES string of the molecule is C#CCCCC(=O)OCC(C)(COC(=O)CCCC#C)COC(=O)OC(C)OC(=O)CCC/C=C\C. The van der Waals surface area contributed by atoms with Crippen molar-refractivity contribution in [3.63, 3.8) is 0 Å². The molecule has 0 heterocycles. The van der Waals surface area contributed by atoms with Gasteiger partial charge < -0.3 is 23.7 Å². The van der Waals surface area contributed by atoms with Crippen LogP contribution in [0.3, 0.4) is 0 Å². The van der Waals surface area contributed by atoms with E-state index in [9.17, 15) is 19.2 Å². The Bertz CT molecular complexity index is 765. The minimum absolute atomic E-state index is 0.132. The molecule has 0 aliphatic carbocycles. The molecule has 9 heteroatoms. The molecule has 0 aromatic rings. The molecule has 1 atom stereocenters. The number of esters is 3. The maximum Gasteiger partial charge on any atom is 0.511 e. The first kappa shape index (κ1) is 32.5. The molecule has 0 bridgehead atoms. The summed E-state index contributed by atoms with van der Waals surface area (Å²) in [6.07, 6.45) is 15.6. The molecule has 0 aromatic heterocycles. The number of ether oxygens (including phenoxy) is 5. The Kier molecular flexibility index (Phi) is 17.9. The monoisotopic (exact) mass is 506 g/mol. The fourth-order valence-electron chi connectivity index (χ4n) is 2.65. The Morgan fingerprint density at radius 2 is 1.31 bits per heavy atom. The molecular weight excluding hydrogens is 468 g/mol. The summed E-state index contributed by atoms with van der Waals surface area (Å²) < 4.78 is 25.7. The van der Waals surface area contributed by atoms with Crippen LogP contribution >= 0.6 is 0 Å². The molecule has 0 aliphatic heterocycles. The number of carbonyl (C=O) groups excluding carboxylic acids is 4. The lowest BCUT2D eigenvalue weighted by Gasteiger charge is -2.28. The lowest BCUT2D eigenvalue weighted by molar-refractivity contribution is -0.169. The summed E-state index contributed by atoms with van der Waals surface area (Å²) in [7, 11) is 0. The van der Waals surface area contributed by atoms with Crippen LogP contribution in [0.2, 0.25) is 0 Å². The molecular formula is C27H38O9. The second-order valence-corrected chi connectivity index (χ2v) is 8.42. The molecule has 0 spiro atoms. The number of carbonyl (C=O) groups is 4. The van der Waals surface area contributed by atoms with E-state index in [-0.39, 0.29) is 39.1 Å². The summed E-state index contributed by atoms with van der Waals surface area (Å²) in [6.45, 7) is 4.26. The van der Waals surface area contributed by atoms with E-state index in [0.717, 1.165) is 6.42 Å². The van der Waals surface area contributed by atoms with Gasteiger partial charge >= 0.3 is 24.1 Å². The molecule has 0 radical (unpaired) electrons. The van der Waals surface area contributed by atoms with Crippen LogP contribution < -0.4 is 0 Å². The van der Waals surface area contributed by atoms with E-state index >= 15 is 0 Å². The van der Waals surface area contributed by atoms with E-state index in [2.05, 4.69) is 11.8 Å². The molecule has 0 rings (SSSR count). The van der Waals surface area contributed by atoms with E-state index in [1.165, 1.54) is 6.92 Å². The van der Waals surface area contributed by atoms with Crippen molar-refractivity contribution in [1.29, 1.82) is 0 Å². The largest absolute Gasteiger partial charge is 0.511 e. The van der Waals surface area contributed by atoms with E-state index in [1.54, 1.807) is 6.92 Å². The summed E-state index contributed by atoms with van der Waals surface area (Å²) in [5.41, 5.74) is -1.05. The fourth-order valence-corrected chi connectivity index (χ4v) is 2.65. The Labute approximate surface area is 214 Å². The summed E-state index contributed by atoms with van der Waals surface area (Å²) in [4.78, 5) is 47.9. The van der Waals surface area contributed by atoms with Crippen LogP contribution in [0.25, 0.3) is 0 Å². The molecule has 0 aromatic carbocycles. The summed E-state index contributed by atoms with van der Waals surface area (Å²) in [5, 5.41) is 0. The predicted molar refractivity (Wildman–Crippen MR) is 132 cm³/mol. The van der Waals surface area contributed by atoms with E-state index in [0.29, 0.717) is 32.1 Å². The first-order valence-corrected chi connectivity index (χ1v) is 12.0. The molecule has 36 heavy (non-hydrogen) atoms. The average molecular weight is 507 g/mol. The topological polar surface area (TPSA) is 114 Å². The number of hydrogen-bond donors (Lipinski definition) is 0. The van der Waals surface area contributed by atoms with Crippen LogP contribution in [0, 0.1) is 30.1 Å². The molecule has 0 aliphatic rings. The third kappa shape index (κ3) is 17.9. The van der Waals surface area contributed by atoms with Gasteiger partial charge in [-0.25, -0.2) is 4.79 Å². The number of terminal acetylenes is 2. The zero-order valence-corrected chi connectivity index (χ0v) is 21.5. The van der Waals surface area contributed by atoms with E-state index in [4.69, 9.17) is 36.5 Å². The average Bonchev–Trinajstić information content (AvgIpc) is 2.83. The standard InChI is InChI=1S/C27H38O9/c1-6-9-12-15-18-25(30)35-22(4)36-26(31)34-21-27(5,19-32-23(28)16-13-10-7-2)20-33-24(29)17-14-11-8-3/h2-3,6,9,22H,10-21H2,1,4-5H3/b9-6-. The van der Waals surface area contributed by atoms with Crippen molar-refractivity contribution < 1.29 is 42.9 Å². The Hall–Kier alpha value is -3.46. The molecule has 200 valence electrons. The van der Waals surface area contributed by atoms with Crippen molar-refractivity contribution in [2.24, 2.45) is 5.41 Å². The first-order chi connectivity index (χ1) is 17.2. The lowest BCUT2D eigenvalue weighted by Crippen LogP contribution is -2.37. The van der Waals surface area contributed by atoms with Crippen molar-refractivity contribution in [3.8, 4) is 24.7 Å². The third-order valence-electron chi connectivity index (χ3n) is 4.65. The molecule has 1 unspecified atom stereocenters. The van der Waals surface area contributed by atoms with Gasteiger partial charge in [-0.15, -0.1) is 24.7 Å². The van der Waals surface area contributed by atoms with Crippen LogP contribution in [0.1, 0.15) is 78.6 Å². The van der Waals surface area contributed by atoms with Gasteiger partial charge in [0.25, 0.3) is 0 Å². The van der Waals surface area contributed by atoms with Crippen LogP contribution in [-0.4, -0.2) is 50.2 Å². The maximum atomic E-state index is 12.1. The minimum atomic E-state index is -1.15. The summed E-state index contributed by atoms with van der Waals surface area (Å²) in [5.74, 6) is 3.43. The van der Waals surface area contributed by atoms with Gasteiger partial charge in [0.05, 0.1) is 5.41 Å². The highest BCUT2D eigenvalue weighted by Gasteiger charge is 2.31. The van der Waals surface area contributed by atoms with Crippen molar-refractivity contribution in [2.75, 3.05) is 19.8 Å². The van der Waals surface area contributed by atoms with Crippen LogP contribution in [0.15, 0.2) is 12.2 Å². The fraction of sp³-hybridized carbons (Fsp3) is 0.630. The predicted octanol–water partition coefficient (Wildman–Crippen LogP) is 4.47. The molecule has 0 saturated carbocycles. The molecule has 0 fully saturated rings. The van der Waals surface area contributed by atoms with Gasteiger partial charge in [-0.1, -0.05) is 12.2 Å². The number of unbranched alkanes of at least 4 members (excludes halogenated alkanes) is 3. The van der Waals surface area contributed by atoms with E-state index < -0.39 is 35.8 Å². The van der Waals surface area contributed by atoms with Gasteiger partial charge in [-0.05, 0) is 39.5 Å². The third-order valence-corrected chi connectivity index (χ3v) is 4.65. The Morgan fingerprint density at radius 3 is 1.81 bits per heavy atom. The van der Waals surface area contributed by atoms with Gasteiger partial charge in [0.1, 0.15) is 19.8 Å². The van der Waals surface area contributed by atoms with Gasteiger partial charge in [0, 0.05) is 39.0 Å². The zero-order valence-electron chi connectivity index (χ0n) is 21.5. The highest BCUT2D eigenvalue weighted by molar-refractivity contribution is 5.70. The van der Waals surface area contributed by atoms with Crippen LogP contribution in [0.5, 0.6) is 0 Å².